The minimum absolute atomic E-state index is 0.247. The standard InChI is InChI=1S/C19H16F5NO2S/c1-12-8-13-6-7-16(27-19(22,23)24)10-17(13)25(12)15-5-3-4-14(9-15)18(20,21)11-26-28-2/h3-10H,11H2,1-2H3. The summed E-state index contributed by atoms with van der Waals surface area (Å²) < 4.78 is 76.6. The van der Waals surface area contributed by atoms with Crippen molar-refractivity contribution in [1.29, 1.82) is 0 Å². The normalized spacial score (nSPS) is 12.5. The zero-order valence-corrected chi connectivity index (χ0v) is 15.7. The molecule has 0 aliphatic rings. The number of rotatable bonds is 6. The lowest BCUT2D eigenvalue weighted by Gasteiger charge is -2.18. The second-order valence-electron chi connectivity index (χ2n) is 6.07. The summed E-state index contributed by atoms with van der Waals surface area (Å²) in [5, 5.41) is 0.662. The fourth-order valence-electron chi connectivity index (χ4n) is 2.95. The van der Waals surface area contributed by atoms with E-state index >= 15 is 0 Å². The van der Waals surface area contributed by atoms with Crippen molar-refractivity contribution in [1.82, 2.24) is 4.57 Å². The van der Waals surface area contributed by atoms with Crippen LogP contribution in [0.15, 0.2) is 48.5 Å². The molecular weight excluding hydrogens is 401 g/mol. The lowest BCUT2D eigenvalue weighted by molar-refractivity contribution is -0.274. The van der Waals surface area contributed by atoms with Gasteiger partial charge in [0.25, 0.3) is 5.92 Å². The van der Waals surface area contributed by atoms with Crippen LogP contribution in [0.1, 0.15) is 11.3 Å². The van der Waals surface area contributed by atoms with Gasteiger partial charge < -0.3 is 13.5 Å². The molecule has 0 saturated carbocycles. The molecule has 2 aromatic carbocycles. The maximum absolute atomic E-state index is 14.3. The van der Waals surface area contributed by atoms with Crippen LogP contribution in [0.3, 0.4) is 0 Å². The first kappa shape index (κ1) is 20.5. The van der Waals surface area contributed by atoms with Gasteiger partial charge in [-0.3, -0.25) is 0 Å². The zero-order chi connectivity index (χ0) is 20.5. The van der Waals surface area contributed by atoms with E-state index in [0.29, 0.717) is 22.3 Å². The zero-order valence-electron chi connectivity index (χ0n) is 14.9. The van der Waals surface area contributed by atoms with Crippen LogP contribution in [-0.4, -0.2) is 23.8 Å². The summed E-state index contributed by atoms with van der Waals surface area (Å²) in [4.78, 5) is 0. The van der Waals surface area contributed by atoms with Gasteiger partial charge in [-0.2, -0.15) is 8.78 Å². The molecule has 3 nitrogen and oxygen atoms in total. The molecule has 0 radical (unpaired) electrons. The van der Waals surface area contributed by atoms with E-state index in [9.17, 15) is 22.0 Å². The summed E-state index contributed by atoms with van der Waals surface area (Å²) in [5.41, 5.74) is 1.25. The first-order valence-electron chi connectivity index (χ1n) is 8.13. The number of aryl methyl sites for hydroxylation is 1. The fourth-order valence-corrected chi connectivity index (χ4v) is 3.21. The van der Waals surface area contributed by atoms with E-state index in [1.165, 1.54) is 36.4 Å². The molecule has 0 saturated heterocycles. The van der Waals surface area contributed by atoms with Gasteiger partial charge in [0.2, 0.25) is 0 Å². The molecule has 3 rings (SSSR count). The Bertz CT molecular complexity index is 984. The van der Waals surface area contributed by atoms with Crippen LogP contribution >= 0.6 is 12.0 Å². The molecule has 0 amide bonds. The van der Waals surface area contributed by atoms with Crippen LogP contribution in [0.5, 0.6) is 5.75 Å². The predicted molar refractivity (Wildman–Crippen MR) is 98.1 cm³/mol. The molecule has 9 heteroatoms. The Hall–Kier alpha value is -2.26. The Morgan fingerprint density at radius 3 is 2.43 bits per heavy atom. The maximum atomic E-state index is 14.3. The summed E-state index contributed by atoms with van der Waals surface area (Å²) in [7, 11) is 0. The largest absolute Gasteiger partial charge is 0.573 e. The van der Waals surface area contributed by atoms with E-state index < -0.39 is 18.9 Å². The number of aromatic nitrogens is 1. The van der Waals surface area contributed by atoms with Gasteiger partial charge in [0.05, 0.1) is 5.52 Å². The minimum Gasteiger partial charge on any atom is -0.406 e. The van der Waals surface area contributed by atoms with Gasteiger partial charge in [0.15, 0.2) is 0 Å². The number of hydrogen-bond donors (Lipinski definition) is 0. The molecule has 0 N–H and O–H groups in total. The van der Waals surface area contributed by atoms with Crippen LogP contribution in [0, 0.1) is 6.92 Å². The third-order valence-electron chi connectivity index (χ3n) is 4.08. The van der Waals surface area contributed by atoms with Crippen molar-refractivity contribution in [2.24, 2.45) is 0 Å². The summed E-state index contributed by atoms with van der Waals surface area (Å²) in [6.45, 7) is 0.957. The summed E-state index contributed by atoms with van der Waals surface area (Å²) in [6.07, 6.45) is -3.28. The smallest absolute Gasteiger partial charge is 0.406 e. The molecule has 1 heterocycles. The molecule has 0 aliphatic carbocycles. The van der Waals surface area contributed by atoms with Crippen molar-refractivity contribution in [3.63, 3.8) is 0 Å². The molecule has 0 spiro atoms. The molecule has 0 fully saturated rings. The number of ether oxygens (including phenoxy) is 1. The Balaban J connectivity index is 2.07. The van der Waals surface area contributed by atoms with Crippen LogP contribution in [0.25, 0.3) is 16.6 Å². The van der Waals surface area contributed by atoms with Crippen LogP contribution in [0.2, 0.25) is 0 Å². The first-order chi connectivity index (χ1) is 13.1. The quantitative estimate of drug-likeness (QED) is 0.351. The third-order valence-corrected chi connectivity index (χ3v) is 4.43. The van der Waals surface area contributed by atoms with Crippen molar-refractivity contribution in [2.45, 2.75) is 19.2 Å². The van der Waals surface area contributed by atoms with Crippen molar-refractivity contribution in [3.05, 3.63) is 59.8 Å². The van der Waals surface area contributed by atoms with Crippen molar-refractivity contribution < 1.29 is 30.9 Å². The van der Waals surface area contributed by atoms with Crippen molar-refractivity contribution in [2.75, 3.05) is 12.9 Å². The topological polar surface area (TPSA) is 23.4 Å². The molecule has 0 aliphatic heterocycles. The van der Waals surface area contributed by atoms with Crippen LogP contribution < -0.4 is 4.74 Å². The predicted octanol–water partition coefficient (Wildman–Crippen LogP) is 6.22. The minimum atomic E-state index is -4.82. The molecule has 0 atom stereocenters. The highest BCUT2D eigenvalue weighted by Gasteiger charge is 2.33. The van der Waals surface area contributed by atoms with Gasteiger partial charge in [0.1, 0.15) is 12.4 Å². The molecular formula is C19H16F5NO2S. The average molecular weight is 417 g/mol. The SMILES string of the molecule is CSOCC(F)(F)c1cccc(-n2c(C)cc3ccc(OC(F)(F)F)cc32)c1. The van der Waals surface area contributed by atoms with Crippen molar-refractivity contribution >= 4 is 22.9 Å². The van der Waals surface area contributed by atoms with Gasteiger partial charge in [-0.25, -0.2) is 0 Å². The Kier molecular flexibility index (Phi) is 5.58. The van der Waals surface area contributed by atoms with Crippen molar-refractivity contribution in [3.8, 4) is 11.4 Å². The molecule has 0 bridgehead atoms. The van der Waals surface area contributed by atoms with E-state index in [0.717, 1.165) is 12.0 Å². The van der Waals surface area contributed by atoms with E-state index in [2.05, 4.69) is 4.74 Å². The molecule has 1 aromatic heterocycles. The Morgan fingerprint density at radius 2 is 1.75 bits per heavy atom. The van der Waals surface area contributed by atoms with E-state index in [1.54, 1.807) is 29.9 Å². The lowest BCUT2D eigenvalue weighted by atomic mass is 10.1. The average Bonchev–Trinajstić information content (AvgIpc) is 2.94. The summed E-state index contributed by atoms with van der Waals surface area (Å²) >= 11 is 0.844. The number of benzene rings is 2. The highest BCUT2D eigenvalue weighted by Crippen LogP contribution is 2.34. The second-order valence-corrected chi connectivity index (χ2v) is 6.64. The molecule has 150 valence electrons. The van der Waals surface area contributed by atoms with Gasteiger partial charge in [-0.05, 0) is 49.3 Å². The third kappa shape index (κ3) is 4.41. The van der Waals surface area contributed by atoms with E-state index in [-0.39, 0.29) is 11.3 Å². The highest BCUT2D eigenvalue weighted by molar-refractivity contribution is 7.93. The van der Waals surface area contributed by atoms with Crippen LogP contribution in [0.4, 0.5) is 22.0 Å². The van der Waals surface area contributed by atoms with Gasteiger partial charge >= 0.3 is 6.36 Å². The maximum Gasteiger partial charge on any atom is 0.573 e. The van der Waals surface area contributed by atoms with Gasteiger partial charge in [-0.1, -0.05) is 12.1 Å². The van der Waals surface area contributed by atoms with E-state index in [1.807, 2.05) is 0 Å². The monoisotopic (exact) mass is 417 g/mol. The highest BCUT2D eigenvalue weighted by atomic mass is 32.2. The Morgan fingerprint density at radius 1 is 1.00 bits per heavy atom. The Labute approximate surface area is 162 Å². The molecule has 3 aromatic rings. The van der Waals surface area contributed by atoms with Crippen LogP contribution in [-0.2, 0) is 10.1 Å². The first-order valence-corrected chi connectivity index (χ1v) is 9.28. The summed E-state index contributed by atoms with van der Waals surface area (Å²) in [6, 6.07) is 11.4. The summed E-state index contributed by atoms with van der Waals surface area (Å²) in [5.74, 6) is -3.59. The number of halogens is 5. The van der Waals surface area contributed by atoms with E-state index in [4.69, 9.17) is 4.18 Å². The van der Waals surface area contributed by atoms with Gasteiger partial charge in [0, 0.05) is 34.7 Å². The molecule has 28 heavy (non-hydrogen) atoms. The number of hydrogen-bond acceptors (Lipinski definition) is 3. The number of fused-ring (bicyclic) bond motifs is 1. The van der Waals surface area contributed by atoms with Gasteiger partial charge in [-0.15, -0.1) is 13.2 Å². The lowest BCUT2D eigenvalue weighted by Crippen LogP contribution is -2.19. The fraction of sp³-hybridized carbons (Fsp3) is 0.263. The number of alkyl halides is 5. The second kappa shape index (κ2) is 7.63. The number of nitrogens with zero attached hydrogens (tertiary/aromatic N) is 1. The molecule has 0 unspecified atom stereocenters.